The summed E-state index contributed by atoms with van der Waals surface area (Å²) in [7, 11) is 0. The molecule has 0 amide bonds. The molecule has 0 spiro atoms. The fourth-order valence-corrected chi connectivity index (χ4v) is 6.27. The molecule has 0 saturated carbocycles. The van der Waals surface area contributed by atoms with Crippen molar-refractivity contribution in [2.24, 2.45) is 0 Å². The molecule has 0 aromatic carbocycles. The van der Waals surface area contributed by atoms with E-state index >= 15 is 0 Å². The van der Waals surface area contributed by atoms with Gasteiger partial charge in [0.1, 0.15) is 13.2 Å². The normalized spacial score (nSPS) is 12.8. The van der Waals surface area contributed by atoms with Gasteiger partial charge in [-0.25, -0.2) is 0 Å². The average molecular weight is 821 g/mol. The lowest BCUT2D eigenvalue weighted by molar-refractivity contribution is -0.167. The molecule has 59 heavy (non-hydrogen) atoms. The van der Waals surface area contributed by atoms with Gasteiger partial charge in [0.2, 0.25) is 0 Å². The fraction of sp³-hybridized carbons (Fsp3) is 0.679. The van der Waals surface area contributed by atoms with E-state index in [1.54, 1.807) is 0 Å². The lowest BCUT2D eigenvalue weighted by Crippen LogP contribution is -2.30. The number of unbranched alkanes of at least 4 members (excludes halogenated alkanes) is 17. The molecule has 0 aliphatic heterocycles. The van der Waals surface area contributed by atoms with Crippen LogP contribution in [0.4, 0.5) is 0 Å². The fourth-order valence-electron chi connectivity index (χ4n) is 6.27. The van der Waals surface area contributed by atoms with E-state index in [2.05, 4.69) is 106 Å². The number of hydrogen-bond acceptors (Lipinski definition) is 6. The Morgan fingerprint density at radius 2 is 0.661 bits per heavy atom. The standard InChI is InChI=1S/C53H88O6/c1-4-7-10-13-16-19-22-24-26-28-31-34-37-40-43-46-52(55)58-49-50(48-57-51(54)45-42-39-36-33-30-21-18-15-12-9-6-3)59-53(56)47-44-41-38-35-32-29-27-25-23-20-17-14-11-8-5-2/h7-8,10-11,15-20,24-27,50H,4-6,9,12-14,21-23,28-49H2,1-3H3/b10-7-,11-8-,18-15-,19-16-,20-17-,26-24-,27-25-/t50-/m1/s1. The van der Waals surface area contributed by atoms with Gasteiger partial charge >= 0.3 is 17.9 Å². The summed E-state index contributed by atoms with van der Waals surface area (Å²) in [5, 5.41) is 0. The highest BCUT2D eigenvalue weighted by molar-refractivity contribution is 5.71. The maximum atomic E-state index is 12.8. The van der Waals surface area contributed by atoms with Gasteiger partial charge in [0.15, 0.2) is 6.10 Å². The Hall–Kier alpha value is -3.41. The minimum atomic E-state index is -0.795. The van der Waals surface area contributed by atoms with Crippen molar-refractivity contribution in [3.05, 3.63) is 85.1 Å². The highest BCUT2D eigenvalue weighted by atomic mass is 16.6. The Balaban J connectivity index is 4.45. The van der Waals surface area contributed by atoms with Gasteiger partial charge in [-0.2, -0.15) is 0 Å². The molecule has 0 aliphatic rings. The van der Waals surface area contributed by atoms with E-state index in [1.807, 2.05) is 0 Å². The predicted molar refractivity (Wildman–Crippen MR) is 251 cm³/mol. The average Bonchev–Trinajstić information content (AvgIpc) is 3.23. The Morgan fingerprint density at radius 1 is 0.356 bits per heavy atom. The summed E-state index contributed by atoms with van der Waals surface area (Å²) in [6.45, 7) is 6.32. The lowest BCUT2D eigenvalue weighted by atomic mass is 10.1. The first kappa shape index (κ1) is 55.6. The molecule has 0 radical (unpaired) electrons. The molecule has 6 heteroatoms. The molecule has 1 atom stereocenters. The Kier molecular flexibility index (Phi) is 44.5. The van der Waals surface area contributed by atoms with Crippen LogP contribution in [0.15, 0.2) is 85.1 Å². The zero-order valence-corrected chi connectivity index (χ0v) is 38.2. The Labute approximate surface area is 363 Å². The Bertz CT molecular complexity index is 1170. The summed E-state index contributed by atoms with van der Waals surface area (Å²) in [5.41, 5.74) is 0. The molecule has 0 fully saturated rings. The van der Waals surface area contributed by atoms with Crippen LogP contribution < -0.4 is 0 Å². The van der Waals surface area contributed by atoms with Crippen molar-refractivity contribution in [1.82, 2.24) is 0 Å². The van der Waals surface area contributed by atoms with Crippen molar-refractivity contribution in [3.63, 3.8) is 0 Å². The molecule has 0 unspecified atom stereocenters. The van der Waals surface area contributed by atoms with Crippen LogP contribution in [0.5, 0.6) is 0 Å². The van der Waals surface area contributed by atoms with E-state index in [0.29, 0.717) is 19.3 Å². The van der Waals surface area contributed by atoms with Gasteiger partial charge in [-0.1, -0.05) is 176 Å². The molecule has 0 heterocycles. The number of allylic oxidation sites excluding steroid dienone is 14. The van der Waals surface area contributed by atoms with Crippen molar-refractivity contribution in [2.75, 3.05) is 13.2 Å². The summed E-state index contributed by atoms with van der Waals surface area (Å²) in [4.78, 5) is 37.8. The monoisotopic (exact) mass is 821 g/mol. The van der Waals surface area contributed by atoms with Gasteiger partial charge in [0.25, 0.3) is 0 Å². The molecular formula is C53H88O6. The second kappa shape index (κ2) is 47.3. The predicted octanol–water partition coefficient (Wildman–Crippen LogP) is 15.6. The molecule has 0 N–H and O–H groups in total. The molecule has 0 saturated heterocycles. The summed E-state index contributed by atoms with van der Waals surface area (Å²) in [6.07, 6.45) is 59.9. The maximum absolute atomic E-state index is 12.8. The topological polar surface area (TPSA) is 78.9 Å². The van der Waals surface area contributed by atoms with Crippen LogP contribution in [0.2, 0.25) is 0 Å². The zero-order valence-electron chi connectivity index (χ0n) is 38.2. The van der Waals surface area contributed by atoms with Crippen LogP contribution in [0.3, 0.4) is 0 Å². The number of hydrogen-bond donors (Lipinski definition) is 0. The molecule has 0 bridgehead atoms. The first-order chi connectivity index (χ1) is 29.0. The van der Waals surface area contributed by atoms with Crippen molar-refractivity contribution in [3.8, 4) is 0 Å². The van der Waals surface area contributed by atoms with E-state index in [-0.39, 0.29) is 31.1 Å². The van der Waals surface area contributed by atoms with E-state index in [1.165, 1.54) is 25.7 Å². The second-order valence-electron chi connectivity index (χ2n) is 15.6. The van der Waals surface area contributed by atoms with Gasteiger partial charge in [0, 0.05) is 19.3 Å². The largest absolute Gasteiger partial charge is 0.462 e. The maximum Gasteiger partial charge on any atom is 0.306 e. The van der Waals surface area contributed by atoms with E-state index < -0.39 is 6.10 Å². The van der Waals surface area contributed by atoms with Gasteiger partial charge < -0.3 is 14.2 Å². The number of carbonyl (C=O) groups is 3. The van der Waals surface area contributed by atoms with E-state index in [9.17, 15) is 14.4 Å². The third-order valence-electron chi connectivity index (χ3n) is 9.86. The third kappa shape index (κ3) is 45.5. The second-order valence-corrected chi connectivity index (χ2v) is 15.6. The lowest BCUT2D eigenvalue weighted by Gasteiger charge is -2.18. The molecule has 0 aromatic heterocycles. The van der Waals surface area contributed by atoms with Crippen molar-refractivity contribution >= 4 is 17.9 Å². The van der Waals surface area contributed by atoms with Gasteiger partial charge in [-0.05, 0) is 103 Å². The minimum Gasteiger partial charge on any atom is -0.462 e. The molecule has 336 valence electrons. The van der Waals surface area contributed by atoms with E-state index in [0.717, 1.165) is 148 Å². The summed E-state index contributed by atoms with van der Waals surface area (Å²) >= 11 is 0. The quantitative estimate of drug-likeness (QED) is 0.0264. The van der Waals surface area contributed by atoms with Crippen LogP contribution in [0.25, 0.3) is 0 Å². The minimum absolute atomic E-state index is 0.0948. The van der Waals surface area contributed by atoms with Crippen molar-refractivity contribution in [2.45, 2.75) is 219 Å². The van der Waals surface area contributed by atoms with Crippen LogP contribution >= 0.6 is 0 Å². The molecule has 0 aliphatic carbocycles. The van der Waals surface area contributed by atoms with Crippen LogP contribution in [-0.4, -0.2) is 37.2 Å². The highest BCUT2D eigenvalue weighted by Gasteiger charge is 2.19. The first-order valence-corrected chi connectivity index (χ1v) is 24.1. The molecular weight excluding hydrogens is 733 g/mol. The van der Waals surface area contributed by atoms with Crippen LogP contribution in [-0.2, 0) is 28.6 Å². The number of esters is 3. The Morgan fingerprint density at radius 3 is 1.05 bits per heavy atom. The summed E-state index contributed by atoms with van der Waals surface area (Å²) in [5.74, 6) is -0.944. The molecule has 6 nitrogen and oxygen atoms in total. The van der Waals surface area contributed by atoms with Crippen molar-refractivity contribution in [1.29, 1.82) is 0 Å². The van der Waals surface area contributed by atoms with Crippen molar-refractivity contribution < 1.29 is 28.6 Å². The number of ether oxygens (including phenoxy) is 3. The van der Waals surface area contributed by atoms with Gasteiger partial charge in [0.05, 0.1) is 0 Å². The summed E-state index contributed by atoms with van der Waals surface area (Å²) < 4.78 is 16.7. The smallest absolute Gasteiger partial charge is 0.306 e. The number of carbonyl (C=O) groups excluding carboxylic acids is 3. The van der Waals surface area contributed by atoms with Gasteiger partial charge in [-0.15, -0.1) is 0 Å². The van der Waals surface area contributed by atoms with Crippen LogP contribution in [0, 0.1) is 0 Å². The zero-order chi connectivity index (χ0) is 43.0. The molecule has 0 rings (SSSR count). The van der Waals surface area contributed by atoms with Crippen LogP contribution in [0.1, 0.15) is 213 Å². The third-order valence-corrected chi connectivity index (χ3v) is 9.86. The SMILES string of the molecule is CC/C=C\C/C=C\C/C=C\CCCCCCCC(=O)OC[C@@H](COC(=O)CCCCCCC/C=C\CCCC)OC(=O)CCCCCCC/C=C\C/C=C\C/C=C\CC. The van der Waals surface area contributed by atoms with Gasteiger partial charge in [-0.3, -0.25) is 14.4 Å². The highest BCUT2D eigenvalue weighted by Crippen LogP contribution is 2.13. The summed E-state index contributed by atoms with van der Waals surface area (Å²) in [6, 6.07) is 0. The first-order valence-electron chi connectivity index (χ1n) is 24.1. The molecule has 0 aromatic rings. The number of rotatable bonds is 42. The van der Waals surface area contributed by atoms with E-state index in [4.69, 9.17) is 14.2 Å².